The monoisotopic (exact) mass is 852 g/mol. The Balaban J connectivity index is 4.62. The van der Waals surface area contributed by atoms with E-state index in [1.54, 1.807) is 0 Å². The summed E-state index contributed by atoms with van der Waals surface area (Å²) in [6.07, 6.45) is 61.0. The lowest BCUT2D eigenvalue weighted by Gasteiger charge is -2.24. The van der Waals surface area contributed by atoms with E-state index in [4.69, 9.17) is 4.74 Å². The zero-order chi connectivity index (χ0) is 44.5. The van der Waals surface area contributed by atoms with Gasteiger partial charge in [0.25, 0.3) is 0 Å². The minimum Gasteiger partial charge on any atom is -0.462 e. The summed E-state index contributed by atoms with van der Waals surface area (Å²) in [6.45, 7) is 6.32. The van der Waals surface area contributed by atoms with Crippen molar-refractivity contribution in [2.24, 2.45) is 0 Å². The number of hydrogen-bond acceptors (Lipinski definition) is 5. The van der Waals surface area contributed by atoms with Crippen molar-refractivity contribution in [3.05, 3.63) is 72.9 Å². The normalized spacial score (nSPS) is 13.9. The van der Waals surface area contributed by atoms with E-state index in [-0.39, 0.29) is 24.9 Å². The first kappa shape index (κ1) is 58.3. The molecule has 0 rings (SSSR count). The predicted molar refractivity (Wildman–Crippen MR) is 264 cm³/mol. The molecular weight excluding hydrogens is 755 g/mol. The summed E-state index contributed by atoms with van der Waals surface area (Å²) in [5.41, 5.74) is 0. The molecule has 0 aliphatic rings. The lowest BCUT2D eigenvalue weighted by atomic mass is 10.0. The molecule has 61 heavy (non-hydrogen) atoms. The maximum atomic E-state index is 13.2. The number of aliphatic hydroxyl groups is 2. The minimum atomic E-state index is -0.799. The van der Waals surface area contributed by atoms with E-state index in [2.05, 4.69) is 99.0 Å². The van der Waals surface area contributed by atoms with Gasteiger partial charge in [0.1, 0.15) is 6.10 Å². The number of ether oxygens (including phenoxy) is 1. The number of esters is 1. The van der Waals surface area contributed by atoms with Crippen LogP contribution in [0.25, 0.3) is 0 Å². The van der Waals surface area contributed by atoms with Crippen LogP contribution >= 0.6 is 0 Å². The van der Waals surface area contributed by atoms with Crippen molar-refractivity contribution in [3.63, 3.8) is 0 Å². The van der Waals surface area contributed by atoms with E-state index in [1.165, 1.54) is 83.5 Å². The highest BCUT2D eigenvalue weighted by Gasteiger charge is 2.24. The van der Waals surface area contributed by atoms with Gasteiger partial charge >= 0.3 is 5.97 Å². The molecule has 6 heteroatoms. The van der Waals surface area contributed by atoms with Crippen LogP contribution in [0.2, 0.25) is 0 Å². The van der Waals surface area contributed by atoms with Crippen molar-refractivity contribution in [2.75, 3.05) is 6.61 Å². The highest BCUT2D eigenvalue weighted by molar-refractivity contribution is 5.77. The van der Waals surface area contributed by atoms with Crippen molar-refractivity contribution < 1.29 is 24.5 Å². The summed E-state index contributed by atoms with van der Waals surface area (Å²) >= 11 is 0. The Labute approximate surface area is 377 Å². The molecule has 352 valence electrons. The van der Waals surface area contributed by atoms with Gasteiger partial charge in [0.05, 0.1) is 25.2 Å². The van der Waals surface area contributed by atoms with Gasteiger partial charge in [-0.3, -0.25) is 9.59 Å². The fourth-order valence-corrected chi connectivity index (χ4v) is 7.39. The van der Waals surface area contributed by atoms with Gasteiger partial charge in [-0.15, -0.1) is 0 Å². The van der Waals surface area contributed by atoms with Crippen LogP contribution in [-0.2, 0) is 14.3 Å². The first-order valence-electron chi connectivity index (χ1n) is 25.7. The molecule has 0 aliphatic carbocycles. The van der Waals surface area contributed by atoms with Crippen LogP contribution in [0, 0.1) is 0 Å². The van der Waals surface area contributed by atoms with E-state index >= 15 is 0 Å². The number of allylic oxidation sites excluding steroid dienone is 12. The Hall–Kier alpha value is -2.70. The van der Waals surface area contributed by atoms with Gasteiger partial charge in [-0.05, 0) is 96.3 Å². The van der Waals surface area contributed by atoms with Gasteiger partial charge in [-0.1, -0.05) is 203 Å². The second-order valence-corrected chi connectivity index (χ2v) is 17.2. The molecular formula is C55H97NO5. The number of nitrogens with one attached hydrogen (secondary N) is 1. The molecule has 0 aromatic rings. The fraction of sp³-hybridized carbons (Fsp3) is 0.745. The smallest absolute Gasteiger partial charge is 0.306 e. The van der Waals surface area contributed by atoms with Crippen LogP contribution in [0.15, 0.2) is 72.9 Å². The third kappa shape index (κ3) is 43.7. The maximum Gasteiger partial charge on any atom is 0.306 e. The summed E-state index contributed by atoms with van der Waals surface area (Å²) in [4.78, 5) is 26.1. The van der Waals surface area contributed by atoms with Crippen molar-refractivity contribution in [2.45, 2.75) is 257 Å². The Kier molecular flexibility index (Phi) is 46.2. The number of carbonyl (C=O) groups is 2. The van der Waals surface area contributed by atoms with Crippen molar-refractivity contribution in [1.29, 1.82) is 0 Å². The molecule has 0 radical (unpaired) electrons. The number of rotatable bonds is 45. The quantitative estimate of drug-likeness (QED) is 0.0322. The average molecular weight is 852 g/mol. The van der Waals surface area contributed by atoms with E-state index in [0.29, 0.717) is 19.3 Å². The average Bonchev–Trinajstić information content (AvgIpc) is 3.25. The van der Waals surface area contributed by atoms with Crippen LogP contribution in [0.4, 0.5) is 0 Å². The van der Waals surface area contributed by atoms with Crippen molar-refractivity contribution in [3.8, 4) is 0 Å². The molecule has 1 amide bonds. The van der Waals surface area contributed by atoms with Crippen molar-refractivity contribution in [1.82, 2.24) is 5.32 Å². The standard InChI is InChI=1S/C55H97NO5/c1-4-7-10-13-16-19-22-24-25-26-27-28-29-30-33-36-39-42-45-48-55(60)61-51(46-43-40-37-34-32-23-20-17-14-11-8-5-2)49-54(59)56-52(50-57)53(58)47-44-41-38-35-31-21-18-15-12-9-6-3/h8,11,16-17,19-20,24-25,27-28,30,33,51-53,57-58H,4-7,9-10,12-15,18,21-23,26,29,31-32,34-50H2,1-3H3,(H,56,59)/b11-8+,19-16-,20-17+,25-24-,28-27-,33-30-. The van der Waals surface area contributed by atoms with Gasteiger partial charge in [-0.2, -0.15) is 0 Å². The fourth-order valence-electron chi connectivity index (χ4n) is 7.39. The molecule has 0 heterocycles. The van der Waals surface area contributed by atoms with E-state index in [1.807, 2.05) is 0 Å². The van der Waals surface area contributed by atoms with Crippen molar-refractivity contribution >= 4 is 11.9 Å². The van der Waals surface area contributed by atoms with Crippen LogP contribution < -0.4 is 5.32 Å². The molecule has 0 saturated heterocycles. The first-order chi connectivity index (χ1) is 30.0. The second-order valence-electron chi connectivity index (χ2n) is 17.2. The molecule has 0 spiro atoms. The third-order valence-electron chi connectivity index (χ3n) is 11.3. The second kappa shape index (κ2) is 48.3. The van der Waals surface area contributed by atoms with Crippen LogP contribution in [-0.4, -0.2) is 46.9 Å². The largest absolute Gasteiger partial charge is 0.462 e. The Morgan fingerprint density at radius 1 is 0.492 bits per heavy atom. The number of amides is 1. The maximum absolute atomic E-state index is 13.2. The number of aliphatic hydroxyl groups excluding tert-OH is 2. The zero-order valence-corrected chi connectivity index (χ0v) is 40.0. The molecule has 0 saturated carbocycles. The lowest BCUT2D eigenvalue weighted by Crippen LogP contribution is -2.46. The van der Waals surface area contributed by atoms with E-state index < -0.39 is 18.2 Å². The lowest BCUT2D eigenvalue weighted by molar-refractivity contribution is -0.151. The van der Waals surface area contributed by atoms with Crippen LogP contribution in [0.3, 0.4) is 0 Å². The van der Waals surface area contributed by atoms with Crippen LogP contribution in [0.1, 0.15) is 239 Å². The molecule has 0 aromatic heterocycles. The predicted octanol–water partition coefficient (Wildman–Crippen LogP) is 15.4. The molecule has 0 fully saturated rings. The third-order valence-corrected chi connectivity index (χ3v) is 11.3. The molecule has 6 nitrogen and oxygen atoms in total. The van der Waals surface area contributed by atoms with Gasteiger partial charge < -0.3 is 20.3 Å². The minimum absolute atomic E-state index is 0.0523. The first-order valence-corrected chi connectivity index (χ1v) is 25.7. The summed E-state index contributed by atoms with van der Waals surface area (Å²) in [7, 11) is 0. The highest BCUT2D eigenvalue weighted by Crippen LogP contribution is 2.17. The molecule has 0 bridgehead atoms. The van der Waals surface area contributed by atoms with E-state index in [0.717, 1.165) is 109 Å². The van der Waals surface area contributed by atoms with Gasteiger partial charge in [0.15, 0.2) is 0 Å². The van der Waals surface area contributed by atoms with Gasteiger partial charge in [0.2, 0.25) is 5.91 Å². The molecule has 0 aromatic carbocycles. The molecule has 3 atom stereocenters. The Morgan fingerprint density at radius 2 is 0.885 bits per heavy atom. The summed E-state index contributed by atoms with van der Waals surface area (Å²) in [6, 6.07) is -0.715. The molecule has 0 aliphatic heterocycles. The summed E-state index contributed by atoms with van der Waals surface area (Å²) < 4.78 is 5.91. The number of hydrogen-bond donors (Lipinski definition) is 3. The van der Waals surface area contributed by atoms with E-state index in [9.17, 15) is 19.8 Å². The molecule has 3 N–H and O–H groups in total. The Bertz CT molecular complexity index is 1140. The number of unbranched alkanes of at least 4 members (excludes halogenated alkanes) is 21. The van der Waals surface area contributed by atoms with Gasteiger partial charge in [0, 0.05) is 6.42 Å². The number of carbonyl (C=O) groups excluding carboxylic acids is 2. The van der Waals surface area contributed by atoms with Gasteiger partial charge in [-0.25, -0.2) is 0 Å². The highest BCUT2D eigenvalue weighted by atomic mass is 16.5. The topological polar surface area (TPSA) is 95.9 Å². The van der Waals surface area contributed by atoms with Crippen LogP contribution in [0.5, 0.6) is 0 Å². The summed E-state index contributed by atoms with van der Waals surface area (Å²) in [5.74, 6) is -0.527. The summed E-state index contributed by atoms with van der Waals surface area (Å²) in [5, 5.41) is 23.7. The Morgan fingerprint density at radius 3 is 1.38 bits per heavy atom. The SMILES string of the molecule is CC/C=C/C/C=C/CCCCCCCC(CC(=O)NC(CO)C(O)CCCCCCCCCCCCC)OC(=O)CCCCC/C=C\C/C=C\C/C=C\C/C=C\CCCCC. The zero-order valence-electron chi connectivity index (χ0n) is 40.0. The molecule has 3 unspecified atom stereocenters.